The molecule has 138 valence electrons. The smallest absolute Gasteiger partial charge is 0.290 e. The predicted molar refractivity (Wildman–Crippen MR) is 99.5 cm³/mol. The average molecular weight is 386 g/mol. The zero-order valence-corrected chi connectivity index (χ0v) is 14.9. The Balaban J connectivity index is 1.79. The fourth-order valence-corrected chi connectivity index (χ4v) is 3.11. The Morgan fingerprint density at radius 1 is 1.19 bits per heavy atom. The number of carbonyl (C=O) groups is 2. The maximum absolute atomic E-state index is 11.6. The van der Waals surface area contributed by atoms with Crippen molar-refractivity contribution in [3.8, 4) is 11.5 Å². The molecule has 0 bridgehead atoms. The molecule has 1 aliphatic heterocycles. The summed E-state index contributed by atoms with van der Waals surface area (Å²) in [5.41, 5.74) is 1.07. The van der Waals surface area contributed by atoms with Gasteiger partial charge < -0.3 is 9.47 Å². The van der Waals surface area contributed by atoms with E-state index >= 15 is 0 Å². The van der Waals surface area contributed by atoms with E-state index in [0.717, 1.165) is 11.8 Å². The Morgan fingerprint density at radius 3 is 2.63 bits per heavy atom. The first-order valence-corrected chi connectivity index (χ1v) is 8.57. The van der Waals surface area contributed by atoms with Gasteiger partial charge in [-0.15, -0.1) is 0 Å². The number of imide groups is 1. The third-order valence-corrected chi connectivity index (χ3v) is 4.51. The van der Waals surface area contributed by atoms with Gasteiger partial charge in [0.25, 0.3) is 16.8 Å². The Labute approximate surface area is 158 Å². The van der Waals surface area contributed by atoms with E-state index in [1.807, 2.05) is 0 Å². The number of benzene rings is 2. The topological polar surface area (TPSA) is 108 Å². The maximum atomic E-state index is 11.6. The summed E-state index contributed by atoms with van der Waals surface area (Å²) in [4.78, 5) is 33.8. The van der Waals surface area contributed by atoms with E-state index in [2.05, 4.69) is 5.32 Å². The highest BCUT2D eigenvalue weighted by Gasteiger charge is 2.25. The predicted octanol–water partition coefficient (Wildman–Crippen LogP) is 3.51. The van der Waals surface area contributed by atoms with Crippen LogP contribution in [0.25, 0.3) is 6.08 Å². The molecule has 0 atom stereocenters. The molecule has 0 radical (unpaired) electrons. The van der Waals surface area contributed by atoms with Crippen LogP contribution in [0.1, 0.15) is 11.1 Å². The maximum Gasteiger partial charge on any atom is 0.290 e. The molecule has 9 heteroatoms. The zero-order valence-electron chi connectivity index (χ0n) is 14.1. The third kappa shape index (κ3) is 4.26. The highest BCUT2D eigenvalue weighted by Crippen LogP contribution is 2.32. The molecular weight excluding hydrogens is 372 g/mol. The lowest BCUT2D eigenvalue weighted by Crippen LogP contribution is -2.17. The molecular formula is C18H14N2O6S. The van der Waals surface area contributed by atoms with Gasteiger partial charge >= 0.3 is 0 Å². The summed E-state index contributed by atoms with van der Waals surface area (Å²) in [6.45, 7) is 0.000703. The van der Waals surface area contributed by atoms with Crippen molar-refractivity contribution in [1.82, 2.24) is 5.32 Å². The fourth-order valence-electron chi connectivity index (χ4n) is 2.43. The number of rotatable bonds is 6. The van der Waals surface area contributed by atoms with Gasteiger partial charge in [-0.2, -0.15) is 0 Å². The van der Waals surface area contributed by atoms with Crippen LogP contribution in [0.2, 0.25) is 0 Å². The molecule has 1 heterocycles. The van der Waals surface area contributed by atoms with E-state index in [9.17, 15) is 19.7 Å². The van der Waals surface area contributed by atoms with E-state index in [-0.39, 0.29) is 17.2 Å². The zero-order chi connectivity index (χ0) is 19.4. The van der Waals surface area contributed by atoms with Crippen LogP contribution in [0.15, 0.2) is 47.4 Å². The van der Waals surface area contributed by atoms with Crippen molar-refractivity contribution in [1.29, 1.82) is 0 Å². The second-order valence-electron chi connectivity index (χ2n) is 5.44. The number of nitro groups is 1. The fraction of sp³-hybridized carbons (Fsp3) is 0.111. The molecule has 27 heavy (non-hydrogen) atoms. The van der Waals surface area contributed by atoms with Crippen LogP contribution in [-0.4, -0.2) is 23.2 Å². The van der Waals surface area contributed by atoms with E-state index in [0.29, 0.717) is 22.6 Å². The summed E-state index contributed by atoms with van der Waals surface area (Å²) in [5, 5.41) is 12.8. The third-order valence-electron chi connectivity index (χ3n) is 3.70. The van der Waals surface area contributed by atoms with E-state index < -0.39 is 16.1 Å². The number of amides is 2. The molecule has 0 saturated carbocycles. The van der Waals surface area contributed by atoms with Crippen molar-refractivity contribution in [2.75, 3.05) is 7.11 Å². The van der Waals surface area contributed by atoms with Crippen molar-refractivity contribution >= 4 is 34.7 Å². The number of nitrogens with zero attached hydrogens (tertiary/aromatic N) is 1. The second-order valence-corrected chi connectivity index (χ2v) is 6.45. The number of ether oxygens (including phenoxy) is 2. The van der Waals surface area contributed by atoms with Crippen LogP contribution in [0.5, 0.6) is 11.5 Å². The minimum absolute atomic E-state index is 0.000703. The minimum Gasteiger partial charge on any atom is -0.493 e. The first kappa shape index (κ1) is 18.5. The molecule has 1 saturated heterocycles. The second kappa shape index (κ2) is 7.92. The van der Waals surface area contributed by atoms with E-state index in [1.165, 1.54) is 13.2 Å². The van der Waals surface area contributed by atoms with Crippen molar-refractivity contribution in [3.05, 3.63) is 68.6 Å². The number of hydrogen-bond donors (Lipinski definition) is 1. The van der Waals surface area contributed by atoms with Crippen molar-refractivity contribution in [3.63, 3.8) is 0 Å². The van der Waals surface area contributed by atoms with Crippen LogP contribution in [-0.2, 0) is 11.4 Å². The van der Waals surface area contributed by atoms with E-state index in [1.54, 1.807) is 42.5 Å². The van der Waals surface area contributed by atoms with Crippen LogP contribution >= 0.6 is 11.8 Å². The summed E-state index contributed by atoms with van der Waals surface area (Å²) >= 11 is 0.824. The summed E-state index contributed by atoms with van der Waals surface area (Å²) in [5.74, 6) is 0.357. The molecule has 0 spiro atoms. The number of carbonyl (C=O) groups excluding carboxylic acids is 2. The number of nitrogens with one attached hydrogen (secondary N) is 1. The van der Waals surface area contributed by atoms with Crippen LogP contribution in [0.4, 0.5) is 10.5 Å². The molecule has 8 nitrogen and oxygen atoms in total. The molecule has 1 fully saturated rings. The Hall–Kier alpha value is -3.33. The van der Waals surface area contributed by atoms with Crippen LogP contribution < -0.4 is 14.8 Å². The van der Waals surface area contributed by atoms with Gasteiger partial charge in [0.15, 0.2) is 11.5 Å². The molecule has 2 amide bonds. The first-order valence-electron chi connectivity index (χ1n) is 7.76. The van der Waals surface area contributed by atoms with Gasteiger partial charge in [-0.25, -0.2) is 0 Å². The molecule has 1 aliphatic rings. The minimum atomic E-state index is -0.461. The van der Waals surface area contributed by atoms with Crippen molar-refractivity contribution < 1.29 is 24.0 Å². The number of hydrogen-bond acceptors (Lipinski definition) is 7. The SMILES string of the molecule is COc1cc(C=C2SC(=O)NC2=O)ccc1OCc1ccccc1[N+](=O)[O-]. The molecule has 0 unspecified atom stereocenters. The summed E-state index contributed by atoms with van der Waals surface area (Å²) in [6, 6.07) is 11.3. The molecule has 0 aliphatic carbocycles. The van der Waals surface area contributed by atoms with Gasteiger partial charge in [-0.05, 0) is 41.6 Å². The highest BCUT2D eigenvalue weighted by atomic mass is 32.2. The summed E-state index contributed by atoms with van der Waals surface area (Å²) < 4.78 is 11.0. The quantitative estimate of drug-likeness (QED) is 0.460. The molecule has 2 aromatic rings. The molecule has 3 rings (SSSR count). The molecule has 1 N–H and O–H groups in total. The number of methoxy groups -OCH3 is 1. The van der Waals surface area contributed by atoms with Crippen LogP contribution in [0, 0.1) is 10.1 Å². The average Bonchev–Trinajstić information content (AvgIpc) is 2.97. The Bertz CT molecular complexity index is 957. The van der Waals surface area contributed by atoms with E-state index in [4.69, 9.17) is 9.47 Å². The Kier molecular flexibility index (Phi) is 5.41. The van der Waals surface area contributed by atoms with Crippen molar-refractivity contribution in [2.24, 2.45) is 0 Å². The Morgan fingerprint density at radius 2 is 1.96 bits per heavy atom. The van der Waals surface area contributed by atoms with Gasteiger partial charge in [0.1, 0.15) is 6.61 Å². The van der Waals surface area contributed by atoms with Crippen molar-refractivity contribution in [2.45, 2.75) is 6.61 Å². The monoisotopic (exact) mass is 386 g/mol. The molecule has 2 aromatic carbocycles. The summed E-state index contributed by atoms with van der Waals surface area (Å²) in [7, 11) is 1.46. The van der Waals surface area contributed by atoms with Gasteiger partial charge in [0.05, 0.1) is 22.5 Å². The standard InChI is InChI=1S/C18H14N2O6S/c1-25-15-8-11(9-16-17(21)19-18(22)27-16)6-7-14(15)26-10-12-4-2-3-5-13(12)20(23)24/h2-9H,10H2,1H3,(H,19,21,22). The number of para-hydroxylation sites is 1. The lowest BCUT2D eigenvalue weighted by molar-refractivity contribution is -0.385. The largest absolute Gasteiger partial charge is 0.493 e. The lowest BCUT2D eigenvalue weighted by Gasteiger charge is -2.11. The van der Waals surface area contributed by atoms with Gasteiger partial charge in [0, 0.05) is 6.07 Å². The number of nitro benzene ring substituents is 1. The van der Waals surface area contributed by atoms with Gasteiger partial charge in [-0.3, -0.25) is 25.0 Å². The lowest BCUT2D eigenvalue weighted by atomic mass is 10.1. The normalized spacial score (nSPS) is 14.9. The highest BCUT2D eigenvalue weighted by molar-refractivity contribution is 8.18. The van der Waals surface area contributed by atoms with Gasteiger partial charge in [-0.1, -0.05) is 18.2 Å². The molecule has 0 aromatic heterocycles. The summed E-state index contributed by atoms with van der Waals surface area (Å²) in [6.07, 6.45) is 1.57. The number of thioether (sulfide) groups is 1. The first-order chi connectivity index (χ1) is 13.0. The van der Waals surface area contributed by atoms with Gasteiger partial charge in [0.2, 0.25) is 0 Å². The van der Waals surface area contributed by atoms with Crippen LogP contribution in [0.3, 0.4) is 0 Å².